The highest BCUT2D eigenvalue weighted by atomic mass is 19.1. The molecule has 2 amide bonds. The van der Waals surface area contributed by atoms with Crippen LogP contribution in [0.2, 0.25) is 0 Å². The normalized spacial score (nSPS) is 14.7. The molecule has 0 fully saturated rings. The number of benzene rings is 1. The number of aryl methyl sites for hydroxylation is 2. The van der Waals surface area contributed by atoms with Crippen molar-refractivity contribution in [2.75, 3.05) is 11.9 Å². The van der Waals surface area contributed by atoms with Crippen LogP contribution in [0, 0.1) is 17.1 Å². The molecule has 8 heteroatoms. The summed E-state index contributed by atoms with van der Waals surface area (Å²) in [5, 5.41) is 16.6. The lowest BCUT2D eigenvalue weighted by atomic mass is 10.0. The van der Waals surface area contributed by atoms with Crippen LogP contribution >= 0.6 is 0 Å². The van der Waals surface area contributed by atoms with Gasteiger partial charge in [-0.3, -0.25) is 9.67 Å². The Balaban J connectivity index is 1.43. The van der Waals surface area contributed by atoms with Crippen molar-refractivity contribution >= 4 is 11.7 Å². The molecular weight excluding hydrogens is 383 g/mol. The molecule has 0 unspecified atom stereocenters. The van der Waals surface area contributed by atoms with Crippen molar-refractivity contribution < 1.29 is 9.18 Å². The lowest BCUT2D eigenvalue weighted by molar-refractivity contribution is 0.206. The van der Waals surface area contributed by atoms with Gasteiger partial charge in [-0.2, -0.15) is 10.4 Å². The average Bonchev–Trinajstić information content (AvgIpc) is 3.02. The number of nitrogens with zero attached hydrogens (tertiary/aromatic N) is 5. The van der Waals surface area contributed by atoms with E-state index in [9.17, 15) is 9.18 Å². The van der Waals surface area contributed by atoms with Crippen molar-refractivity contribution in [1.29, 1.82) is 5.26 Å². The second kappa shape index (κ2) is 7.26. The van der Waals surface area contributed by atoms with Gasteiger partial charge in [0.2, 0.25) is 0 Å². The Morgan fingerprint density at radius 3 is 3.00 bits per heavy atom. The van der Waals surface area contributed by atoms with E-state index in [1.165, 1.54) is 23.8 Å². The minimum absolute atomic E-state index is 0.0987. The summed E-state index contributed by atoms with van der Waals surface area (Å²) in [5.41, 5.74) is 5.50. The number of anilines is 1. The lowest BCUT2D eigenvalue weighted by Crippen LogP contribution is -2.38. The van der Waals surface area contributed by atoms with Gasteiger partial charge in [-0.15, -0.1) is 0 Å². The Morgan fingerprint density at radius 2 is 2.13 bits per heavy atom. The van der Waals surface area contributed by atoms with Crippen LogP contribution in [0.3, 0.4) is 0 Å². The quantitative estimate of drug-likeness (QED) is 0.675. The molecule has 0 bridgehead atoms. The van der Waals surface area contributed by atoms with Crippen molar-refractivity contribution in [3.05, 3.63) is 64.7 Å². The number of pyridine rings is 1. The van der Waals surface area contributed by atoms with Gasteiger partial charge >= 0.3 is 6.03 Å². The molecule has 5 rings (SSSR count). The topological polar surface area (TPSA) is 86.8 Å². The monoisotopic (exact) mass is 402 g/mol. The Hall–Kier alpha value is -3.73. The zero-order chi connectivity index (χ0) is 20.7. The fraction of sp³-hybridized carbons (Fsp3) is 0.273. The van der Waals surface area contributed by atoms with Crippen molar-refractivity contribution in [1.82, 2.24) is 19.7 Å². The minimum Gasteiger partial charge on any atom is -0.320 e. The number of aromatic nitrogens is 3. The number of carbonyl (C=O) groups excluding carboxylic acids is 1. The molecule has 2 aliphatic rings. The highest BCUT2D eigenvalue weighted by Crippen LogP contribution is 2.34. The number of nitriles is 1. The summed E-state index contributed by atoms with van der Waals surface area (Å²) in [6.45, 7) is 1.80. The number of hydrogen-bond donors (Lipinski definition) is 1. The molecule has 0 atom stereocenters. The number of amides is 2. The number of fused-ring (bicyclic) bond motifs is 5. The van der Waals surface area contributed by atoms with Crippen LogP contribution in [0.25, 0.3) is 11.4 Å². The van der Waals surface area contributed by atoms with Gasteiger partial charge < -0.3 is 10.2 Å². The fourth-order valence-corrected chi connectivity index (χ4v) is 4.19. The summed E-state index contributed by atoms with van der Waals surface area (Å²) < 4.78 is 15.6. The molecule has 0 saturated heterocycles. The highest BCUT2D eigenvalue weighted by molar-refractivity contribution is 5.90. The Labute approximate surface area is 172 Å². The molecule has 0 saturated carbocycles. The third-order valence-electron chi connectivity index (χ3n) is 5.66. The van der Waals surface area contributed by atoms with E-state index in [4.69, 9.17) is 10.4 Å². The second-order valence-electron chi connectivity index (χ2n) is 7.52. The Kier molecular flexibility index (Phi) is 4.43. The van der Waals surface area contributed by atoms with Crippen LogP contribution < -0.4 is 5.32 Å². The van der Waals surface area contributed by atoms with E-state index in [1.807, 2.05) is 10.7 Å². The average molecular weight is 402 g/mol. The van der Waals surface area contributed by atoms with E-state index in [-0.39, 0.29) is 11.6 Å². The van der Waals surface area contributed by atoms with Crippen LogP contribution in [0.1, 0.15) is 28.8 Å². The predicted molar refractivity (Wildman–Crippen MR) is 108 cm³/mol. The summed E-state index contributed by atoms with van der Waals surface area (Å²) in [6, 6.07) is 9.54. The first kappa shape index (κ1) is 18.3. The van der Waals surface area contributed by atoms with E-state index in [0.29, 0.717) is 25.2 Å². The Morgan fingerprint density at radius 1 is 1.23 bits per heavy atom. The third-order valence-corrected chi connectivity index (χ3v) is 5.66. The molecule has 0 aliphatic carbocycles. The molecule has 0 spiro atoms. The van der Waals surface area contributed by atoms with Crippen molar-refractivity contribution in [3.63, 3.8) is 0 Å². The van der Waals surface area contributed by atoms with Gasteiger partial charge in [0.15, 0.2) is 0 Å². The lowest BCUT2D eigenvalue weighted by Gasteiger charge is -2.27. The summed E-state index contributed by atoms with van der Waals surface area (Å²) >= 11 is 0. The van der Waals surface area contributed by atoms with Crippen LogP contribution in [-0.4, -0.2) is 32.2 Å². The van der Waals surface area contributed by atoms with E-state index in [0.717, 1.165) is 42.0 Å². The summed E-state index contributed by atoms with van der Waals surface area (Å²) in [6.07, 6.45) is 4.42. The van der Waals surface area contributed by atoms with Gasteiger partial charge in [0.05, 0.1) is 29.2 Å². The van der Waals surface area contributed by atoms with E-state index in [2.05, 4.69) is 16.4 Å². The number of nitrogens with one attached hydrogen (secondary N) is 1. The van der Waals surface area contributed by atoms with Crippen molar-refractivity contribution in [2.24, 2.45) is 0 Å². The third kappa shape index (κ3) is 3.08. The summed E-state index contributed by atoms with van der Waals surface area (Å²) in [5.74, 6) is -0.605. The molecule has 30 heavy (non-hydrogen) atoms. The van der Waals surface area contributed by atoms with Gasteiger partial charge in [-0.25, -0.2) is 9.18 Å². The van der Waals surface area contributed by atoms with Crippen LogP contribution in [-0.2, 0) is 25.9 Å². The Bertz CT molecular complexity index is 1190. The largest absolute Gasteiger partial charge is 0.322 e. The zero-order valence-electron chi connectivity index (χ0n) is 16.2. The number of halogens is 1. The van der Waals surface area contributed by atoms with Crippen molar-refractivity contribution in [2.45, 2.75) is 32.4 Å². The first-order valence-corrected chi connectivity index (χ1v) is 9.92. The number of urea groups is 1. The van der Waals surface area contributed by atoms with Crippen molar-refractivity contribution in [3.8, 4) is 17.5 Å². The first-order chi connectivity index (χ1) is 14.6. The van der Waals surface area contributed by atoms with E-state index < -0.39 is 5.82 Å². The minimum atomic E-state index is -0.605. The van der Waals surface area contributed by atoms with Gasteiger partial charge in [-0.05, 0) is 42.7 Å². The van der Waals surface area contributed by atoms with Gasteiger partial charge in [0, 0.05) is 37.0 Å². The SMILES string of the molecule is N#Cc1cc(NC(=O)N2CCc3nn4c(c3C2)-c2ncccc2CCC4)ccc1F. The second-order valence-corrected chi connectivity index (χ2v) is 7.52. The van der Waals surface area contributed by atoms with Gasteiger partial charge in [-0.1, -0.05) is 6.07 Å². The maximum Gasteiger partial charge on any atom is 0.322 e. The van der Waals surface area contributed by atoms with Crippen LogP contribution in [0.5, 0.6) is 0 Å². The maximum atomic E-state index is 13.5. The van der Waals surface area contributed by atoms with Gasteiger partial charge in [0.25, 0.3) is 0 Å². The molecule has 2 aliphatic heterocycles. The number of carbonyl (C=O) groups is 1. The molecule has 150 valence electrons. The fourth-order valence-electron chi connectivity index (χ4n) is 4.19. The van der Waals surface area contributed by atoms with Crippen LogP contribution in [0.15, 0.2) is 36.5 Å². The smallest absolute Gasteiger partial charge is 0.320 e. The molecule has 7 nitrogen and oxygen atoms in total. The van der Waals surface area contributed by atoms with Gasteiger partial charge in [0.1, 0.15) is 11.9 Å². The highest BCUT2D eigenvalue weighted by Gasteiger charge is 2.30. The number of rotatable bonds is 1. The molecule has 2 aromatic heterocycles. The molecule has 3 aromatic rings. The standard InChI is InChI=1S/C22H19FN6O/c23-18-6-5-16(11-15(18)12-24)26-22(30)28-10-7-19-17(13-28)21-20-14(3-1-8-25-20)4-2-9-29(21)27-19/h1,3,5-6,8,11H,2,4,7,9-10,13H2,(H,26,30). The molecule has 0 radical (unpaired) electrons. The summed E-state index contributed by atoms with van der Waals surface area (Å²) in [4.78, 5) is 19.2. The maximum absolute atomic E-state index is 13.5. The molecule has 1 N–H and O–H groups in total. The zero-order valence-corrected chi connectivity index (χ0v) is 16.2. The molecular formula is C22H19FN6O. The first-order valence-electron chi connectivity index (χ1n) is 9.92. The molecule has 4 heterocycles. The van der Waals surface area contributed by atoms with E-state index >= 15 is 0 Å². The van der Waals surface area contributed by atoms with E-state index in [1.54, 1.807) is 17.2 Å². The van der Waals surface area contributed by atoms with Crippen LogP contribution in [0.4, 0.5) is 14.9 Å². The number of hydrogen-bond acceptors (Lipinski definition) is 4. The summed E-state index contributed by atoms with van der Waals surface area (Å²) in [7, 11) is 0. The molecule has 1 aromatic carbocycles. The predicted octanol–water partition coefficient (Wildman–Crippen LogP) is 3.49.